The van der Waals surface area contributed by atoms with Gasteiger partial charge in [0.1, 0.15) is 5.69 Å². The van der Waals surface area contributed by atoms with Crippen molar-refractivity contribution in [3.05, 3.63) is 24.0 Å². The predicted octanol–water partition coefficient (Wildman–Crippen LogP) is 3.57. The lowest BCUT2D eigenvalue weighted by atomic mass is 10.0. The molecule has 0 radical (unpaired) electrons. The summed E-state index contributed by atoms with van der Waals surface area (Å²) in [5.41, 5.74) is 1.71. The van der Waals surface area contributed by atoms with Crippen LogP contribution in [0.15, 0.2) is 18.3 Å². The molecule has 6 nitrogen and oxygen atoms in total. The zero-order valence-electron chi connectivity index (χ0n) is 18.8. The first-order valence-corrected chi connectivity index (χ1v) is 12.0. The minimum atomic E-state index is 0.0857. The van der Waals surface area contributed by atoms with Crippen LogP contribution >= 0.6 is 0 Å². The molecule has 1 aromatic heterocycles. The molecule has 166 valence electrons. The van der Waals surface area contributed by atoms with E-state index in [1.807, 2.05) is 17.0 Å². The van der Waals surface area contributed by atoms with Crippen LogP contribution in [0.2, 0.25) is 0 Å². The number of carbonyl (C=O) groups is 1. The molecule has 6 heteroatoms. The van der Waals surface area contributed by atoms with E-state index in [0.717, 1.165) is 83.5 Å². The van der Waals surface area contributed by atoms with Gasteiger partial charge < -0.3 is 19.4 Å². The van der Waals surface area contributed by atoms with E-state index < -0.39 is 0 Å². The van der Waals surface area contributed by atoms with Crippen molar-refractivity contribution in [2.75, 3.05) is 44.2 Å². The lowest BCUT2D eigenvalue weighted by molar-refractivity contribution is -0.0540. The van der Waals surface area contributed by atoms with Gasteiger partial charge in [-0.15, -0.1) is 0 Å². The summed E-state index contributed by atoms with van der Waals surface area (Å²) < 4.78 is 6.46. The van der Waals surface area contributed by atoms with Gasteiger partial charge >= 0.3 is 0 Å². The molecule has 3 fully saturated rings. The first-order valence-electron chi connectivity index (χ1n) is 12.0. The number of hydrogen-bond acceptors (Lipinski definition) is 5. The number of nitrogens with zero attached hydrogens (tertiary/aromatic N) is 4. The second-order valence-electron chi connectivity index (χ2n) is 9.40. The van der Waals surface area contributed by atoms with E-state index in [1.54, 1.807) is 6.20 Å². The van der Waals surface area contributed by atoms with Crippen molar-refractivity contribution < 1.29 is 9.53 Å². The van der Waals surface area contributed by atoms with Gasteiger partial charge in [0, 0.05) is 57.2 Å². The monoisotopic (exact) mass is 414 g/mol. The minimum Gasteiger partial charge on any atom is -0.375 e. The number of piperidine rings is 3. The molecule has 4 rings (SSSR count). The number of aromatic nitrogens is 1. The highest BCUT2D eigenvalue weighted by Gasteiger charge is 2.27. The first kappa shape index (κ1) is 21.6. The Labute approximate surface area is 181 Å². The van der Waals surface area contributed by atoms with Crippen LogP contribution in [0.5, 0.6) is 0 Å². The molecule has 3 aliphatic rings. The quantitative estimate of drug-likeness (QED) is 0.737. The van der Waals surface area contributed by atoms with Crippen molar-refractivity contribution in [3.63, 3.8) is 0 Å². The lowest BCUT2D eigenvalue weighted by Gasteiger charge is -2.38. The third-order valence-corrected chi connectivity index (χ3v) is 7.00. The number of likely N-dealkylation sites (tertiary alicyclic amines) is 2. The molecule has 0 bridgehead atoms. The molecule has 0 aliphatic carbocycles. The van der Waals surface area contributed by atoms with E-state index in [1.165, 1.54) is 6.42 Å². The highest BCUT2D eigenvalue weighted by Crippen LogP contribution is 2.25. The number of pyridine rings is 1. The lowest BCUT2D eigenvalue weighted by Crippen LogP contribution is -2.44. The molecule has 30 heavy (non-hydrogen) atoms. The highest BCUT2D eigenvalue weighted by atomic mass is 16.5. The maximum Gasteiger partial charge on any atom is 0.272 e. The van der Waals surface area contributed by atoms with Crippen molar-refractivity contribution in [2.45, 2.75) is 77.0 Å². The highest BCUT2D eigenvalue weighted by molar-refractivity contribution is 5.93. The summed E-state index contributed by atoms with van der Waals surface area (Å²) in [4.78, 5) is 24.1. The molecule has 0 unspecified atom stereocenters. The molecule has 0 atom stereocenters. The van der Waals surface area contributed by atoms with Gasteiger partial charge in [0.25, 0.3) is 5.91 Å². The molecular formula is C24H38N4O2. The fourth-order valence-electron chi connectivity index (χ4n) is 5.04. The Morgan fingerprint density at radius 3 is 2.23 bits per heavy atom. The van der Waals surface area contributed by atoms with Crippen LogP contribution in [0.4, 0.5) is 5.69 Å². The zero-order chi connectivity index (χ0) is 20.9. The van der Waals surface area contributed by atoms with Crippen LogP contribution in [-0.4, -0.2) is 78.2 Å². The fourth-order valence-corrected chi connectivity index (χ4v) is 5.04. The summed E-state index contributed by atoms with van der Waals surface area (Å²) in [5.74, 6) is 0.0857. The Morgan fingerprint density at radius 2 is 1.60 bits per heavy atom. The molecule has 4 heterocycles. The Morgan fingerprint density at radius 1 is 0.967 bits per heavy atom. The van der Waals surface area contributed by atoms with Gasteiger partial charge in [0.05, 0.1) is 12.2 Å². The van der Waals surface area contributed by atoms with Crippen LogP contribution in [-0.2, 0) is 4.74 Å². The molecule has 0 saturated carbocycles. The van der Waals surface area contributed by atoms with Gasteiger partial charge in [-0.25, -0.2) is 0 Å². The third-order valence-electron chi connectivity index (χ3n) is 7.00. The molecule has 1 aromatic rings. The Hall–Kier alpha value is -1.66. The minimum absolute atomic E-state index is 0.0857. The standard InChI is InChI=1S/C24H38N4O2/c1-19(2)26-14-7-21(8-15-26)30-22-9-16-27(17-10-22)20-6-11-25-23(18-20)24(29)28-12-4-3-5-13-28/h6,11,18-19,21-22H,3-5,7-10,12-17H2,1-2H3. The molecule has 1 amide bonds. The topological polar surface area (TPSA) is 48.9 Å². The Bertz CT molecular complexity index is 688. The maximum absolute atomic E-state index is 12.8. The van der Waals surface area contributed by atoms with Crippen LogP contribution in [0.25, 0.3) is 0 Å². The van der Waals surface area contributed by atoms with E-state index in [4.69, 9.17) is 4.74 Å². The number of ether oxygens (including phenoxy) is 1. The number of hydrogen-bond donors (Lipinski definition) is 0. The van der Waals surface area contributed by atoms with Gasteiger partial charge in [-0.1, -0.05) is 0 Å². The summed E-state index contributed by atoms with van der Waals surface area (Å²) in [6.07, 6.45) is 10.5. The third kappa shape index (κ3) is 5.33. The molecule has 0 spiro atoms. The molecule has 0 aromatic carbocycles. The fraction of sp³-hybridized carbons (Fsp3) is 0.750. The van der Waals surface area contributed by atoms with Gasteiger partial charge in [0.15, 0.2) is 0 Å². The summed E-state index contributed by atoms with van der Waals surface area (Å²) in [5, 5.41) is 0. The number of carbonyl (C=O) groups excluding carboxylic acids is 1. The summed E-state index contributed by atoms with van der Waals surface area (Å²) in [7, 11) is 0. The molecular weight excluding hydrogens is 376 g/mol. The largest absolute Gasteiger partial charge is 0.375 e. The second kappa shape index (κ2) is 10.1. The maximum atomic E-state index is 12.8. The van der Waals surface area contributed by atoms with Crippen molar-refractivity contribution in [1.82, 2.24) is 14.8 Å². The zero-order valence-corrected chi connectivity index (χ0v) is 18.8. The Balaban J connectivity index is 1.26. The second-order valence-corrected chi connectivity index (χ2v) is 9.40. The van der Waals surface area contributed by atoms with E-state index in [-0.39, 0.29) is 5.91 Å². The molecule has 3 saturated heterocycles. The SMILES string of the molecule is CC(C)N1CCC(OC2CCN(c3ccnc(C(=O)N4CCCCC4)c3)CC2)CC1. The molecule has 3 aliphatic heterocycles. The number of rotatable bonds is 5. The predicted molar refractivity (Wildman–Crippen MR) is 120 cm³/mol. The van der Waals surface area contributed by atoms with Gasteiger partial charge in [0.2, 0.25) is 0 Å². The average Bonchev–Trinajstić information content (AvgIpc) is 2.80. The number of anilines is 1. The Kier molecular flexibility index (Phi) is 7.26. The van der Waals surface area contributed by atoms with E-state index >= 15 is 0 Å². The van der Waals surface area contributed by atoms with Crippen molar-refractivity contribution in [1.29, 1.82) is 0 Å². The van der Waals surface area contributed by atoms with E-state index in [9.17, 15) is 4.79 Å². The number of amides is 1. The van der Waals surface area contributed by atoms with E-state index in [2.05, 4.69) is 28.6 Å². The van der Waals surface area contributed by atoms with Crippen LogP contribution in [0.3, 0.4) is 0 Å². The van der Waals surface area contributed by atoms with Crippen LogP contribution < -0.4 is 4.90 Å². The van der Waals surface area contributed by atoms with Gasteiger partial charge in [-0.05, 0) is 70.9 Å². The van der Waals surface area contributed by atoms with Gasteiger partial charge in [-0.3, -0.25) is 9.78 Å². The summed E-state index contributed by atoms with van der Waals surface area (Å²) in [6.45, 7) is 10.6. The van der Waals surface area contributed by atoms with Crippen molar-refractivity contribution >= 4 is 11.6 Å². The van der Waals surface area contributed by atoms with E-state index in [0.29, 0.717) is 23.9 Å². The molecule has 0 N–H and O–H groups in total. The van der Waals surface area contributed by atoms with Crippen molar-refractivity contribution in [3.8, 4) is 0 Å². The average molecular weight is 415 g/mol. The van der Waals surface area contributed by atoms with Crippen LogP contribution in [0.1, 0.15) is 69.3 Å². The van der Waals surface area contributed by atoms with Gasteiger partial charge in [-0.2, -0.15) is 0 Å². The van der Waals surface area contributed by atoms with Crippen molar-refractivity contribution in [2.24, 2.45) is 0 Å². The summed E-state index contributed by atoms with van der Waals surface area (Å²) >= 11 is 0. The normalized spacial score (nSPS) is 22.6. The summed E-state index contributed by atoms with van der Waals surface area (Å²) in [6, 6.07) is 4.66. The van der Waals surface area contributed by atoms with Crippen LogP contribution in [0, 0.1) is 0 Å². The smallest absolute Gasteiger partial charge is 0.272 e. The first-order chi connectivity index (χ1) is 14.6.